The second kappa shape index (κ2) is 11.2. The Morgan fingerprint density at radius 2 is 1.88 bits per heavy atom. The number of carbonyl (C=O) groups is 2. The van der Waals surface area contributed by atoms with E-state index in [-0.39, 0.29) is 30.4 Å². The molecule has 0 atom stereocenters. The predicted molar refractivity (Wildman–Crippen MR) is 128 cm³/mol. The van der Waals surface area contributed by atoms with E-state index in [1.165, 1.54) is 34.1 Å². The number of esters is 1. The van der Waals surface area contributed by atoms with Crippen LogP contribution in [0.3, 0.4) is 0 Å². The fourth-order valence-electron chi connectivity index (χ4n) is 3.10. The molecule has 2 aromatic heterocycles. The van der Waals surface area contributed by atoms with Crippen molar-refractivity contribution >= 4 is 46.7 Å². The van der Waals surface area contributed by atoms with E-state index >= 15 is 0 Å². The lowest BCUT2D eigenvalue weighted by molar-refractivity contribution is -0.135. The predicted octanol–water partition coefficient (Wildman–Crippen LogP) is 2.21. The maximum atomic E-state index is 13.2. The summed E-state index contributed by atoms with van der Waals surface area (Å²) in [6, 6.07) is 6.01. The first-order chi connectivity index (χ1) is 15.9. The molecule has 33 heavy (non-hydrogen) atoms. The zero-order chi connectivity index (χ0) is 24.0. The number of nitrogens with zero attached hydrogens (tertiary/aromatic N) is 3. The van der Waals surface area contributed by atoms with Crippen molar-refractivity contribution in [2.75, 3.05) is 19.7 Å². The maximum absolute atomic E-state index is 13.2. The van der Waals surface area contributed by atoms with Crippen molar-refractivity contribution in [1.82, 2.24) is 14.5 Å². The van der Waals surface area contributed by atoms with Gasteiger partial charge in [-0.3, -0.25) is 14.2 Å². The number of amides is 1. The van der Waals surface area contributed by atoms with Crippen LogP contribution in [0.5, 0.6) is 0 Å². The molecule has 0 N–H and O–H groups in total. The van der Waals surface area contributed by atoms with Crippen molar-refractivity contribution in [3.63, 3.8) is 0 Å². The number of halogens is 1. The molecular formula is C23H24FN3O4S2. The summed E-state index contributed by atoms with van der Waals surface area (Å²) < 4.78 is 20.1. The highest BCUT2D eigenvalue weighted by atomic mass is 32.1. The second-order valence-corrected chi connectivity index (χ2v) is 8.81. The molecule has 7 nitrogen and oxygen atoms in total. The van der Waals surface area contributed by atoms with Crippen LogP contribution in [0.2, 0.25) is 0 Å². The molecule has 3 aromatic rings. The molecule has 0 saturated carbocycles. The monoisotopic (exact) mass is 489 g/mol. The topological polar surface area (TPSA) is 81.5 Å². The SMILES string of the molecule is CCOC(=O)/C=c1/s/c(=C/c2csc(-c3ccc(F)cc3)n2)c(=O)n1CC(=O)N(CC)CC. The standard InChI is InChI=1S/C23H24FN3O4S2/c1-4-26(5-2)19(28)13-27-20(12-21(29)31-6-3)33-18(23(27)30)11-17-14-32-22(25-17)15-7-9-16(24)10-8-15/h7-12,14H,4-6,13H2,1-3H3/b18-11+,20-12+. The van der Waals surface area contributed by atoms with E-state index in [1.807, 2.05) is 13.8 Å². The highest BCUT2D eigenvalue weighted by Gasteiger charge is 2.15. The largest absolute Gasteiger partial charge is 0.463 e. The fraction of sp³-hybridized carbons (Fsp3) is 0.304. The summed E-state index contributed by atoms with van der Waals surface area (Å²) in [5.41, 5.74) is 0.945. The Morgan fingerprint density at radius 3 is 2.52 bits per heavy atom. The van der Waals surface area contributed by atoms with Crippen LogP contribution >= 0.6 is 22.7 Å². The molecule has 0 aliphatic rings. The van der Waals surface area contributed by atoms with Crippen LogP contribution in [0, 0.1) is 5.82 Å². The summed E-state index contributed by atoms with van der Waals surface area (Å²) in [7, 11) is 0. The van der Waals surface area contributed by atoms with Gasteiger partial charge in [0, 0.05) is 24.0 Å². The van der Waals surface area contributed by atoms with Crippen LogP contribution in [0.25, 0.3) is 22.7 Å². The highest BCUT2D eigenvalue weighted by Crippen LogP contribution is 2.24. The average molecular weight is 490 g/mol. The van der Waals surface area contributed by atoms with Gasteiger partial charge in [0.05, 0.1) is 22.9 Å². The van der Waals surface area contributed by atoms with Crippen LogP contribution in [0.15, 0.2) is 34.4 Å². The summed E-state index contributed by atoms with van der Waals surface area (Å²) in [5, 5.41) is 2.48. The number of hydrogen-bond acceptors (Lipinski definition) is 7. The second-order valence-electron chi connectivity index (χ2n) is 6.89. The number of rotatable bonds is 8. The van der Waals surface area contributed by atoms with Crippen LogP contribution in [0.4, 0.5) is 4.39 Å². The maximum Gasteiger partial charge on any atom is 0.333 e. The van der Waals surface area contributed by atoms with Gasteiger partial charge in [0.2, 0.25) is 5.91 Å². The first-order valence-corrected chi connectivity index (χ1v) is 12.1. The molecule has 0 bridgehead atoms. The van der Waals surface area contributed by atoms with Gasteiger partial charge < -0.3 is 9.64 Å². The van der Waals surface area contributed by atoms with E-state index in [1.54, 1.807) is 35.4 Å². The van der Waals surface area contributed by atoms with E-state index in [0.717, 1.165) is 16.9 Å². The molecule has 2 heterocycles. The summed E-state index contributed by atoms with van der Waals surface area (Å²) in [6.07, 6.45) is 2.85. The molecule has 174 valence electrons. The number of benzene rings is 1. The normalized spacial score (nSPS) is 12.2. The van der Waals surface area contributed by atoms with Gasteiger partial charge in [-0.15, -0.1) is 22.7 Å². The van der Waals surface area contributed by atoms with Crippen molar-refractivity contribution in [2.24, 2.45) is 0 Å². The van der Waals surface area contributed by atoms with Crippen LogP contribution in [-0.2, 0) is 20.9 Å². The minimum absolute atomic E-state index is 0.173. The fourth-order valence-corrected chi connectivity index (χ4v) is 4.90. The Kier molecular flexibility index (Phi) is 8.29. The molecular weight excluding hydrogens is 465 g/mol. The lowest BCUT2D eigenvalue weighted by atomic mass is 10.2. The number of ether oxygens (including phenoxy) is 1. The molecule has 1 aromatic carbocycles. The van der Waals surface area contributed by atoms with Gasteiger partial charge in [0.25, 0.3) is 5.56 Å². The van der Waals surface area contributed by atoms with Crippen molar-refractivity contribution in [3.8, 4) is 10.6 Å². The number of hydrogen-bond donors (Lipinski definition) is 0. The third-order valence-electron chi connectivity index (χ3n) is 4.77. The first kappa shape index (κ1) is 24.5. The molecule has 0 spiro atoms. The van der Waals surface area contributed by atoms with Gasteiger partial charge in [0.15, 0.2) is 0 Å². The molecule has 0 saturated heterocycles. The van der Waals surface area contributed by atoms with Gasteiger partial charge in [-0.2, -0.15) is 0 Å². The van der Waals surface area contributed by atoms with Gasteiger partial charge >= 0.3 is 5.97 Å². The van der Waals surface area contributed by atoms with E-state index in [0.29, 0.717) is 33.0 Å². The minimum atomic E-state index is -0.582. The van der Waals surface area contributed by atoms with Crippen LogP contribution in [0.1, 0.15) is 26.5 Å². The van der Waals surface area contributed by atoms with Gasteiger partial charge in [-0.1, -0.05) is 0 Å². The van der Waals surface area contributed by atoms with Crippen molar-refractivity contribution in [1.29, 1.82) is 0 Å². The summed E-state index contributed by atoms with van der Waals surface area (Å²) in [4.78, 5) is 43.9. The third-order valence-corrected chi connectivity index (χ3v) is 6.74. The van der Waals surface area contributed by atoms with E-state index in [2.05, 4.69) is 4.98 Å². The van der Waals surface area contributed by atoms with Gasteiger partial charge in [-0.25, -0.2) is 14.2 Å². The molecule has 0 aliphatic heterocycles. The molecule has 1 amide bonds. The molecule has 0 fully saturated rings. The highest BCUT2D eigenvalue weighted by molar-refractivity contribution is 7.13. The third kappa shape index (κ3) is 6.02. The molecule has 3 rings (SSSR count). The molecule has 0 radical (unpaired) electrons. The summed E-state index contributed by atoms with van der Waals surface area (Å²) >= 11 is 2.46. The van der Waals surface area contributed by atoms with E-state index in [4.69, 9.17) is 4.74 Å². The number of carbonyl (C=O) groups excluding carboxylic acids is 2. The Morgan fingerprint density at radius 1 is 1.18 bits per heavy atom. The van der Waals surface area contributed by atoms with Crippen LogP contribution in [-0.4, -0.2) is 46.0 Å². The first-order valence-electron chi connectivity index (χ1n) is 10.4. The van der Waals surface area contributed by atoms with Crippen molar-refractivity contribution < 1.29 is 18.7 Å². The van der Waals surface area contributed by atoms with Gasteiger partial charge in [-0.05, 0) is 51.1 Å². The zero-order valence-corrected chi connectivity index (χ0v) is 20.2. The number of likely N-dealkylation sites (N-methyl/N-ethyl adjacent to an activating group) is 1. The van der Waals surface area contributed by atoms with E-state index in [9.17, 15) is 18.8 Å². The smallest absolute Gasteiger partial charge is 0.333 e. The lowest BCUT2D eigenvalue weighted by Crippen LogP contribution is -2.40. The number of thiazole rings is 2. The molecule has 0 aliphatic carbocycles. The quantitative estimate of drug-likeness (QED) is 0.453. The van der Waals surface area contributed by atoms with E-state index < -0.39 is 5.97 Å². The Labute approximate surface area is 198 Å². The Balaban J connectivity index is 2.04. The van der Waals surface area contributed by atoms with Crippen molar-refractivity contribution in [3.05, 3.63) is 60.7 Å². The molecule has 0 unspecified atom stereocenters. The van der Waals surface area contributed by atoms with Gasteiger partial charge in [0.1, 0.15) is 22.0 Å². The van der Waals surface area contributed by atoms with Crippen LogP contribution < -0.4 is 14.8 Å². The Bertz CT molecular complexity index is 1300. The lowest BCUT2D eigenvalue weighted by Gasteiger charge is -2.18. The summed E-state index contributed by atoms with van der Waals surface area (Å²) in [5.74, 6) is -1.12. The van der Waals surface area contributed by atoms with Crippen molar-refractivity contribution in [2.45, 2.75) is 27.3 Å². The average Bonchev–Trinajstić information content (AvgIpc) is 3.36. The Hall–Kier alpha value is -3.11. The summed E-state index contributed by atoms with van der Waals surface area (Å²) in [6.45, 7) is 6.50. The number of aromatic nitrogens is 2. The minimum Gasteiger partial charge on any atom is -0.463 e. The zero-order valence-electron chi connectivity index (χ0n) is 18.5. The molecule has 10 heteroatoms.